The molecular weight excluding hydrogens is 396 g/mol. The van der Waals surface area contributed by atoms with E-state index in [0.29, 0.717) is 5.57 Å². The fraction of sp³-hybridized carbons (Fsp3) is 0.414. The van der Waals surface area contributed by atoms with Gasteiger partial charge in [0, 0.05) is 5.57 Å². The highest BCUT2D eigenvalue weighted by atomic mass is 16.4. The zero-order chi connectivity index (χ0) is 23.3. The quantitative estimate of drug-likeness (QED) is 0.520. The second-order valence-electron chi connectivity index (χ2n) is 9.90. The highest BCUT2D eigenvalue weighted by Crippen LogP contribution is 2.39. The van der Waals surface area contributed by atoms with Crippen LogP contribution in [0.4, 0.5) is 0 Å². The molecule has 0 aromatic heterocycles. The Labute approximate surface area is 192 Å². The van der Waals surface area contributed by atoms with Crippen LogP contribution in [-0.4, -0.2) is 11.1 Å². The lowest BCUT2D eigenvalue weighted by atomic mass is 9.78. The minimum Gasteiger partial charge on any atom is -0.872 e. The van der Waals surface area contributed by atoms with E-state index >= 15 is 0 Å². The van der Waals surface area contributed by atoms with Gasteiger partial charge >= 0.3 is 5.97 Å². The maximum atomic E-state index is 11.7. The van der Waals surface area contributed by atoms with E-state index in [-0.39, 0.29) is 11.2 Å². The molecular formula is C29H35O3-. The molecule has 1 saturated carbocycles. The predicted octanol–water partition coefficient (Wildman–Crippen LogP) is 7.21. The summed E-state index contributed by atoms with van der Waals surface area (Å²) in [5, 5.41) is 21.3. The fourth-order valence-electron chi connectivity index (χ4n) is 4.90. The molecule has 0 spiro atoms. The third-order valence-corrected chi connectivity index (χ3v) is 6.36. The lowest BCUT2D eigenvalue weighted by Crippen LogP contribution is -2.14. The van der Waals surface area contributed by atoms with Crippen LogP contribution in [0.2, 0.25) is 0 Å². The van der Waals surface area contributed by atoms with Crippen LogP contribution in [0.1, 0.15) is 89.3 Å². The van der Waals surface area contributed by atoms with Gasteiger partial charge in [0.05, 0.1) is 0 Å². The lowest BCUT2D eigenvalue weighted by Gasteiger charge is -2.26. The molecule has 2 aromatic carbocycles. The maximum absolute atomic E-state index is 11.7. The van der Waals surface area contributed by atoms with Gasteiger partial charge < -0.3 is 10.2 Å². The summed E-state index contributed by atoms with van der Waals surface area (Å²) in [6.07, 6.45) is 8.42. The molecule has 0 unspecified atom stereocenters. The zero-order valence-electron chi connectivity index (χ0n) is 19.8. The normalized spacial score (nSPS) is 16.1. The zero-order valence-corrected chi connectivity index (χ0v) is 19.8. The molecule has 3 nitrogen and oxygen atoms in total. The van der Waals surface area contributed by atoms with Crippen LogP contribution >= 0.6 is 0 Å². The average molecular weight is 432 g/mol. The summed E-state index contributed by atoms with van der Waals surface area (Å²) < 4.78 is 0. The number of carboxylic acids is 1. The molecule has 0 aliphatic heterocycles. The van der Waals surface area contributed by atoms with Crippen molar-refractivity contribution in [3.63, 3.8) is 0 Å². The van der Waals surface area contributed by atoms with E-state index in [9.17, 15) is 15.0 Å². The summed E-state index contributed by atoms with van der Waals surface area (Å²) in [6.45, 7) is 7.84. The topological polar surface area (TPSA) is 60.4 Å². The van der Waals surface area contributed by atoms with Crippen molar-refractivity contribution in [1.29, 1.82) is 0 Å². The Morgan fingerprint density at radius 1 is 0.781 bits per heavy atom. The molecule has 3 rings (SSSR count). The van der Waals surface area contributed by atoms with Crippen LogP contribution in [0.15, 0.2) is 59.7 Å². The number of aliphatic carboxylic acids is 1. The Hall–Kier alpha value is -2.81. The van der Waals surface area contributed by atoms with Gasteiger partial charge in [-0.1, -0.05) is 94.1 Å². The van der Waals surface area contributed by atoms with Gasteiger partial charge in [0.1, 0.15) is 0 Å². The monoisotopic (exact) mass is 431 g/mol. The summed E-state index contributed by atoms with van der Waals surface area (Å²) >= 11 is 0. The van der Waals surface area contributed by atoms with Crippen LogP contribution in [0, 0.1) is 5.41 Å². The molecule has 170 valence electrons. The van der Waals surface area contributed by atoms with Crippen molar-refractivity contribution in [1.82, 2.24) is 0 Å². The summed E-state index contributed by atoms with van der Waals surface area (Å²) in [7, 11) is 0. The maximum Gasteiger partial charge on any atom is 0.331 e. The van der Waals surface area contributed by atoms with Crippen molar-refractivity contribution in [2.45, 2.75) is 72.6 Å². The standard InChI is InChI=1S/C29H36O3/c1-20(28(31)32)27(29(2,3)4)24-14-12-22(13-15-24)26(23-16-18-25(30)19-17-23)21-10-8-6-5-7-9-11-21/h12-19,30H,5-11H2,1-4H3,(H,31,32)/p-1. The molecule has 0 heterocycles. The fourth-order valence-corrected chi connectivity index (χ4v) is 4.90. The molecule has 1 N–H and O–H groups in total. The van der Waals surface area contributed by atoms with Gasteiger partial charge in [-0.3, -0.25) is 0 Å². The molecule has 1 aliphatic carbocycles. The third-order valence-electron chi connectivity index (χ3n) is 6.36. The van der Waals surface area contributed by atoms with Gasteiger partial charge in [0.2, 0.25) is 0 Å². The highest BCUT2D eigenvalue weighted by Gasteiger charge is 2.24. The number of carbonyl (C=O) groups is 1. The minimum atomic E-state index is -0.881. The summed E-state index contributed by atoms with van der Waals surface area (Å²) in [5.41, 5.74) is 6.80. The Morgan fingerprint density at radius 3 is 1.69 bits per heavy atom. The van der Waals surface area contributed by atoms with E-state index < -0.39 is 5.97 Å². The van der Waals surface area contributed by atoms with Crippen molar-refractivity contribution in [2.24, 2.45) is 5.41 Å². The van der Waals surface area contributed by atoms with Crippen molar-refractivity contribution in [3.8, 4) is 5.75 Å². The van der Waals surface area contributed by atoms with Gasteiger partial charge in [-0.15, -0.1) is 5.75 Å². The molecule has 0 atom stereocenters. The number of carboxylic acid groups (broad SMARTS) is 1. The Bertz CT molecular complexity index is 990. The molecule has 1 aliphatic rings. The van der Waals surface area contributed by atoms with Crippen LogP contribution < -0.4 is 5.11 Å². The van der Waals surface area contributed by atoms with Gasteiger partial charge in [0.25, 0.3) is 0 Å². The number of rotatable bonds is 4. The van der Waals surface area contributed by atoms with Gasteiger partial charge in [0.15, 0.2) is 0 Å². The first-order valence-corrected chi connectivity index (χ1v) is 11.7. The SMILES string of the molecule is CC(C(=O)O)=C(c1ccc(C(=C2CCCCCCC2)c2ccc([O-])cc2)cc1)C(C)(C)C. The molecule has 3 heteroatoms. The molecule has 0 radical (unpaired) electrons. The second kappa shape index (κ2) is 10.2. The third kappa shape index (κ3) is 5.70. The molecule has 32 heavy (non-hydrogen) atoms. The first-order valence-electron chi connectivity index (χ1n) is 11.7. The molecule has 1 fully saturated rings. The molecule has 0 saturated heterocycles. The van der Waals surface area contributed by atoms with Crippen molar-refractivity contribution in [2.75, 3.05) is 0 Å². The van der Waals surface area contributed by atoms with Crippen molar-refractivity contribution >= 4 is 17.1 Å². The smallest absolute Gasteiger partial charge is 0.331 e. The number of allylic oxidation sites excluding steroid dienone is 2. The van der Waals surface area contributed by atoms with Crippen LogP contribution in [0.5, 0.6) is 5.75 Å². The van der Waals surface area contributed by atoms with Crippen molar-refractivity contribution < 1.29 is 15.0 Å². The van der Waals surface area contributed by atoms with E-state index in [2.05, 4.69) is 32.9 Å². The van der Waals surface area contributed by atoms with E-state index in [1.165, 1.54) is 43.3 Å². The van der Waals surface area contributed by atoms with E-state index in [4.69, 9.17) is 0 Å². The van der Waals surface area contributed by atoms with Crippen LogP contribution in [0.25, 0.3) is 11.1 Å². The van der Waals surface area contributed by atoms with Gasteiger partial charge in [-0.05, 0) is 65.9 Å². The predicted molar refractivity (Wildman–Crippen MR) is 130 cm³/mol. The molecule has 0 amide bonds. The highest BCUT2D eigenvalue weighted by molar-refractivity contribution is 5.97. The Kier molecular flexibility index (Phi) is 7.60. The van der Waals surface area contributed by atoms with E-state index in [1.807, 2.05) is 24.3 Å². The number of hydrogen-bond acceptors (Lipinski definition) is 2. The first kappa shape index (κ1) is 23.8. The number of hydrogen-bond donors (Lipinski definition) is 1. The largest absolute Gasteiger partial charge is 0.872 e. The van der Waals surface area contributed by atoms with E-state index in [0.717, 1.165) is 35.1 Å². The number of benzene rings is 2. The summed E-state index contributed by atoms with van der Waals surface area (Å²) in [5.74, 6) is -0.857. The average Bonchev–Trinajstić information content (AvgIpc) is 2.71. The minimum absolute atomic E-state index is 0.0233. The van der Waals surface area contributed by atoms with Gasteiger partial charge in [-0.2, -0.15) is 0 Å². The first-order chi connectivity index (χ1) is 15.2. The molecule has 0 bridgehead atoms. The Morgan fingerprint density at radius 2 is 1.22 bits per heavy atom. The van der Waals surface area contributed by atoms with Gasteiger partial charge in [-0.25, -0.2) is 4.79 Å². The van der Waals surface area contributed by atoms with Crippen molar-refractivity contribution in [3.05, 3.63) is 76.4 Å². The second-order valence-corrected chi connectivity index (χ2v) is 9.90. The van der Waals surface area contributed by atoms with Crippen LogP contribution in [0.3, 0.4) is 0 Å². The summed E-state index contributed by atoms with van der Waals surface area (Å²) in [4.78, 5) is 11.7. The lowest BCUT2D eigenvalue weighted by molar-refractivity contribution is -0.268. The molecule has 2 aromatic rings. The van der Waals surface area contributed by atoms with E-state index in [1.54, 1.807) is 19.1 Å². The van der Waals surface area contributed by atoms with Crippen LogP contribution in [-0.2, 0) is 4.79 Å². The Balaban J connectivity index is 2.11. The summed E-state index contributed by atoms with van der Waals surface area (Å²) in [6, 6.07) is 15.5.